The van der Waals surface area contributed by atoms with Crippen molar-refractivity contribution in [2.45, 2.75) is 92.9 Å². The van der Waals surface area contributed by atoms with E-state index in [1.165, 1.54) is 0 Å². The molecule has 0 saturated heterocycles. The summed E-state index contributed by atoms with van der Waals surface area (Å²) in [7, 11) is -21.7. The largest absolute Gasteiger partial charge is 0.377 e. The quantitative estimate of drug-likeness (QED) is 0.0292. The summed E-state index contributed by atoms with van der Waals surface area (Å²) in [5, 5.41) is 39.5. The summed E-state index contributed by atoms with van der Waals surface area (Å²) in [4.78, 5) is 122. The minimum atomic E-state index is -5.84. The highest BCUT2D eigenvalue weighted by molar-refractivity contribution is 7.72. The zero-order valence-corrected chi connectivity index (χ0v) is 29.9. The first-order chi connectivity index (χ1) is 21.7. The molecule has 0 aliphatic carbocycles. The number of nitrogens with zero attached hydrogens (tertiary/aromatic N) is 1. The molecular weight excluding hydrogens is 752 g/mol. The minimum absolute atomic E-state index is 0.471. The molecule has 49 heavy (non-hydrogen) atoms. The lowest BCUT2D eigenvalue weighted by atomic mass is 9.84. The summed E-state index contributed by atoms with van der Waals surface area (Å²) in [6, 6.07) is 0. The third-order valence-corrected chi connectivity index (χ3v) is 14.5. The Balaban J connectivity index is 5.75. The third-order valence-electron chi connectivity index (χ3n) is 7.65. The molecule has 0 heterocycles. The van der Waals surface area contributed by atoms with E-state index in [1.807, 2.05) is 5.32 Å². The van der Waals surface area contributed by atoms with Gasteiger partial charge in [0.1, 0.15) is 0 Å². The predicted octanol–water partition coefficient (Wildman–Crippen LogP) is -2.36. The van der Waals surface area contributed by atoms with Crippen LogP contribution in [-0.4, -0.2) is 118 Å². The molecule has 0 aromatic rings. The maximum Gasteiger partial charge on any atom is 0.369 e. The summed E-state index contributed by atoms with van der Waals surface area (Å²) in [6.45, 7) is -0.221. The van der Waals surface area contributed by atoms with Crippen LogP contribution in [0.1, 0.15) is 71.6 Å². The first-order valence-corrected chi connectivity index (χ1v) is 20.5. The van der Waals surface area contributed by atoms with Crippen molar-refractivity contribution >= 4 is 48.1 Å². The Morgan fingerprint density at radius 3 is 1.04 bits per heavy atom. The Labute approximate surface area is 278 Å². The number of amides is 3. The van der Waals surface area contributed by atoms with Crippen molar-refractivity contribution in [2.24, 2.45) is 0 Å². The van der Waals surface area contributed by atoms with E-state index in [9.17, 15) is 77.7 Å². The van der Waals surface area contributed by atoms with E-state index in [4.69, 9.17) is 19.6 Å². The number of hydrogen-bond donors (Lipinski definition) is 14. The Kier molecular flexibility index (Phi) is 17.1. The minimum Gasteiger partial charge on any atom is -0.377 e. The van der Waals surface area contributed by atoms with Gasteiger partial charge in [0.15, 0.2) is 10.7 Å². The van der Waals surface area contributed by atoms with E-state index in [-0.39, 0.29) is 0 Å². The molecule has 288 valence electrons. The summed E-state index contributed by atoms with van der Waals surface area (Å²) in [5.41, 5.74) is -2.22. The Morgan fingerprint density at radius 2 is 0.816 bits per heavy atom. The highest BCUT2D eigenvalue weighted by Crippen LogP contribution is 2.68. The van der Waals surface area contributed by atoms with Crippen LogP contribution in [0.5, 0.6) is 0 Å². The fourth-order valence-corrected chi connectivity index (χ4v) is 6.92. The first-order valence-electron chi connectivity index (χ1n) is 14.1. The van der Waals surface area contributed by atoms with Gasteiger partial charge in [-0.15, -0.1) is 0 Å². The van der Waals surface area contributed by atoms with E-state index in [2.05, 4.69) is 10.6 Å². The molecule has 0 rings (SSSR count). The summed E-state index contributed by atoms with van der Waals surface area (Å²) in [5.74, 6) is -2.86. The summed E-state index contributed by atoms with van der Waals surface area (Å²) >= 11 is 0. The van der Waals surface area contributed by atoms with Crippen molar-refractivity contribution < 1.29 is 92.0 Å². The van der Waals surface area contributed by atoms with Crippen molar-refractivity contribution in [2.75, 3.05) is 19.6 Å². The Bertz CT molecular complexity index is 1300. The van der Waals surface area contributed by atoms with Gasteiger partial charge in [-0.3, -0.25) is 42.8 Å². The molecule has 0 radical (unpaired) electrons. The average Bonchev–Trinajstić information content (AvgIpc) is 2.89. The van der Waals surface area contributed by atoms with Crippen LogP contribution in [0.25, 0.3) is 0 Å². The molecule has 2 unspecified atom stereocenters. The molecular formula is C21H44N4O20P4. The monoisotopic (exact) mass is 796 g/mol. The van der Waals surface area contributed by atoms with Gasteiger partial charge in [-0.25, -0.2) is 0 Å². The van der Waals surface area contributed by atoms with Gasteiger partial charge in [0.25, 0.3) is 5.08 Å². The third kappa shape index (κ3) is 14.4. The second kappa shape index (κ2) is 17.7. The average molecular weight is 796 g/mol. The van der Waals surface area contributed by atoms with Crippen LogP contribution in [0, 0.1) is 10.1 Å². The van der Waals surface area contributed by atoms with E-state index in [1.54, 1.807) is 0 Å². The zero-order valence-electron chi connectivity index (χ0n) is 26.3. The second-order valence-corrected chi connectivity index (χ2v) is 19.8. The van der Waals surface area contributed by atoms with E-state index in [0.717, 1.165) is 13.8 Å². The highest BCUT2D eigenvalue weighted by Gasteiger charge is 2.59. The fourth-order valence-electron chi connectivity index (χ4n) is 3.95. The summed E-state index contributed by atoms with van der Waals surface area (Å²) in [6.07, 6.45) is -6.61. The molecule has 2 atom stereocenters. The van der Waals surface area contributed by atoms with Crippen LogP contribution in [0.15, 0.2) is 0 Å². The lowest BCUT2D eigenvalue weighted by Gasteiger charge is -2.29. The smallest absolute Gasteiger partial charge is 0.369 e. The lowest BCUT2D eigenvalue weighted by molar-refractivity contribution is -0.573. The normalized spacial score (nSPS) is 16.8. The number of hydrogen-bond acceptors (Lipinski definition) is 12. The van der Waals surface area contributed by atoms with Gasteiger partial charge in [-0.2, -0.15) is 0 Å². The Morgan fingerprint density at radius 1 is 0.551 bits per heavy atom. The lowest BCUT2D eigenvalue weighted by Crippen LogP contribution is -2.43. The maximum absolute atomic E-state index is 12.5. The number of nitrogens with one attached hydrogen (secondary N) is 3. The van der Waals surface area contributed by atoms with E-state index >= 15 is 0 Å². The molecule has 0 saturated carbocycles. The van der Waals surface area contributed by atoms with Crippen LogP contribution >= 0.6 is 30.4 Å². The number of carbonyl (C=O) groups is 3. The standard InChI is InChI=1S/C21H44N4O20P4/c1-18(29,46(34,35)36)9-12-22-15(26)3-6-20(25(32)33,7-4-16(27)23-13-10-19(2,30)47(37,38)39)8-5-17(28)24-14-11-21(31,48(40,41)42)49(43,44)45/h29-31H,3-14H2,1-2H3,(H,22,26)(H,23,27)(H,24,28)(H2,34,35,36)(H2,37,38,39)(H2,40,41,42)(H2,43,44,45). The fraction of sp³-hybridized carbons (Fsp3) is 0.857. The van der Waals surface area contributed by atoms with Crippen LogP contribution in [0.2, 0.25) is 0 Å². The molecule has 0 aliphatic heterocycles. The van der Waals surface area contributed by atoms with Gasteiger partial charge in [-0.05, 0) is 13.8 Å². The van der Waals surface area contributed by atoms with E-state index in [0.29, 0.717) is 0 Å². The first kappa shape index (κ1) is 47.3. The number of carbonyl (C=O) groups excluding carboxylic acids is 3. The molecule has 0 aromatic carbocycles. The molecule has 24 nitrogen and oxygen atoms in total. The van der Waals surface area contributed by atoms with Crippen LogP contribution in [0.3, 0.4) is 0 Å². The molecule has 0 aliphatic rings. The van der Waals surface area contributed by atoms with Crippen molar-refractivity contribution in [1.29, 1.82) is 0 Å². The van der Waals surface area contributed by atoms with Crippen molar-refractivity contribution in [3.63, 3.8) is 0 Å². The van der Waals surface area contributed by atoms with Gasteiger partial charge in [0, 0.05) is 82.3 Å². The topological polar surface area (TPSA) is 421 Å². The van der Waals surface area contributed by atoms with Crippen LogP contribution < -0.4 is 16.0 Å². The molecule has 0 fully saturated rings. The molecule has 28 heteroatoms. The van der Waals surface area contributed by atoms with Gasteiger partial charge < -0.3 is 70.4 Å². The number of rotatable bonds is 23. The van der Waals surface area contributed by atoms with Crippen LogP contribution in [-0.2, 0) is 32.6 Å². The van der Waals surface area contributed by atoms with Gasteiger partial charge in [-0.1, -0.05) is 0 Å². The van der Waals surface area contributed by atoms with Crippen LogP contribution in [0.4, 0.5) is 0 Å². The van der Waals surface area contributed by atoms with Crippen molar-refractivity contribution in [3.8, 4) is 0 Å². The zero-order chi connectivity index (χ0) is 38.9. The molecule has 14 N–H and O–H groups in total. The molecule has 0 bridgehead atoms. The van der Waals surface area contributed by atoms with Gasteiger partial charge in [0.2, 0.25) is 23.3 Å². The maximum atomic E-state index is 12.5. The van der Waals surface area contributed by atoms with Crippen molar-refractivity contribution in [3.05, 3.63) is 10.1 Å². The van der Waals surface area contributed by atoms with Gasteiger partial charge in [0.05, 0.1) is 0 Å². The van der Waals surface area contributed by atoms with E-state index < -0.39 is 152 Å². The number of nitro groups is 1. The van der Waals surface area contributed by atoms with Gasteiger partial charge >= 0.3 is 30.4 Å². The molecule has 3 amide bonds. The Hall–Kier alpha value is -1.71. The van der Waals surface area contributed by atoms with Crippen molar-refractivity contribution in [1.82, 2.24) is 16.0 Å². The SMILES string of the molecule is CC(O)(CCNC(=O)CCC(CCC(=O)NCCC(C)(O)P(=O)(O)O)(CCC(=O)NCCC(O)(P(=O)(O)O)P(=O)(O)O)[N+](=O)[O-])P(=O)(O)O. The number of aliphatic hydroxyl groups is 3. The second-order valence-electron chi connectivity index (χ2n) is 11.7. The predicted molar refractivity (Wildman–Crippen MR) is 165 cm³/mol. The molecule has 0 spiro atoms. The summed E-state index contributed by atoms with van der Waals surface area (Å²) < 4.78 is 45.6. The highest BCUT2D eigenvalue weighted by atomic mass is 31.2. The molecule has 0 aromatic heterocycles.